The van der Waals surface area contributed by atoms with Crippen molar-refractivity contribution in [2.24, 2.45) is 0 Å². The van der Waals surface area contributed by atoms with E-state index in [0.29, 0.717) is 22.1 Å². The molecule has 31 heavy (non-hydrogen) atoms. The highest BCUT2D eigenvalue weighted by Gasteiger charge is 2.17. The molecule has 156 valence electrons. The van der Waals surface area contributed by atoms with E-state index in [1.54, 1.807) is 36.5 Å². The van der Waals surface area contributed by atoms with Gasteiger partial charge in [-0.25, -0.2) is 9.78 Å². The van der Waals surface area contributed by atoms with Crippen molar-refractivity contribution >= 4 is 34.3 Å². The first-order valence-electron chi connectivity index (χ1n) is 9.74. The van der Waals surface area contributed by atoms with Crippen LogP contribution in [0.1, 0.15) is 33.3 Å². The fourth-order valence-corrected chi connectivity index (χ4v) is 3.35. The highest BCUT2D eigenvalue weighted by atomic mass is 35.5. The Morgan fingerprint density at radius 1 is 1.03 bits per heavy atom. The molecular weight excluding hydrogens is 416 g/mol. The van der Waals surface area contributed by atoms with Gasteiger partial charge in [-0.1, -0.05) is 36.7 Å². The largest absolute Gasteiger partial charge is 0.456 e. The number of nitrogens with one attached hydrogen (secondary N) is 1. The number of ether oxygens (including phenoxy) is 2. The molecule has 7 heteroatoms. The van der Waals surface area contributed by atoms with Crippen LogP contribution in [0.25, 0.3) is 10.9 Å². The number of hydrogen-bond acceptors (Lipinski definition) is 5. The Balaban J connectivity index is 1.38. The third-order valence-corrected chi connectivity index (χ3v) is 5.06. The lowest BCUT2D eigenvalue weighted by Gasteiger charge is -2.07. The molecule has 1 N–H and O–H groups in total. The number of benzene rings is 2. The predicted octanol–water partition coefficient (Wildman–Crippen LogP) is 5.61. The molecule has 0 fully saturated rings. The molecule has 0 aliphatic rings. The third kappa shape index (κ3) is 4.59. The molecule has 0 unspecified atom stereocenters. The molecule has 0 spiro atoms. The van der Waals surface area contributed by atoms with Gasteiger partial charge < -0.3 is 14.5 Å². The van der Waals surface area contributed by atoms with Gasteiger partial charge in [-0.3, -0.25) is 4.79 Å². The van der Waals surface area contributed by atoms with Gasteiger partial charge in [-0.15, -0.1) is 0 Å². The minimum Gasteiger partial charge on any atom is -0.456 e. The van der Waals surface area contributed by atoms with E-state index in [2.05, 4.69) is 16.9 Å². The lowest BCUT2D eigenvalue weighted by molar-refractivity contribution is 0.0469. The van der Waals surface area contributed by atoms with Crippen molar-refractivity contribution in [3.8, 4) is 11.5 Å². The average Bonchev–Trinajstić information content (AvgIpc) is 3.24. The summed E-state index contributed by atoms with van der Waals surface area (Å²) >= 11 is 5.85. The molecule has 6 nitrogen and oxygen atoms in total. The Kier molecular flexibility index (Phi) is 6.00. The van der Waals surface area contributed by atoms with E-state index < -0.39 is 5.97 Å². The monoisotopic (exact) mass is 434 g/mol. The number of halogens is 1. The fourth-order valence-electron chi connectivity index (χ4n) is 3.23. The molecule has 2 aromatic carbocycles. The molecule has 2 heterocycles. The van der Waals surface area contributed by atoms with E-state index in [-0.39, 0.29) is 18.1 Å². The molecule has 0 radical (unpaired) electrons. The van der Waals surface area contributed by atoms with E-state index in [0.717, 1.165) is 22.9 Å². The number of fused-ring (bicyclic) bond motifs is 1. The molecular formula is C24H19ClN2O4. The van der Waals surface area contributed by atoms with Crippen molar-refractivity contribution in [2.45, 2.75) is 13.3 Å². The molecule has 2 aromatic heterocycles. The summed E-state index contributed by atoms with van der Waals surface area (Å²) in [5, 5.41) is 1.43. The van der Waals surface area contributed by atoms with Gasteiger partial charge in [0.1, 0.15) is 17.2 Å². The lowest BCUT2D eigenvalue weighted by atomic mass is 10.1. The molecule has 0 bridgehead atoms. The van der Waals surface area contributed by atoms with Crippen LogP contribution in [0.2, 0.25) is 5.02 Å². The number of nitrogens with zero attached hydrogens (tertiary/aromatic N) is 1. The summed E-state index contributed by atoms with van der Waals surface area (Å²) in [6.07, 6.45) is 3.92. The van der Waals surface area contributed by atoms with E-state index in [1.807, 2.05) is 18.2 Å². The van der Waals surface area contributed by atoms with Crippen molar-refractivity contribution in [3.05, 3.63) is 88.8 Å². The molecule has 0 aliphatic carbocycles. The van der Waals surface area contributed by atoms with Crippen LogP contribution in [0.4, 0.5) is 0 Å². The zero-order valence-electron chi connectivity index (χ0n) is 16.7. The van der Waals surface area contributed by atoms with Crippen molar-refractivity contribution in [3.63, 3.8) is 0 Å². The Morgan fingerprint density at radius 2 is 1.81 bits per heavy atom. The Bertz CT molecular complexity index is 1230. The minimum absolute atomic E-state index is 0.0865. The van der Waals surface area contributed by atoms with Gasteiger partial charge in [0.05, 0.1) is 6.20 Å². The molecule has 0 saturated carbocycles. The molecule has 0 saturated heterocycles. The van der Waals surface area contributed by atoms with Gasteiger partial charge in [0.2, 0.25) is 5.78 Å². The van der Waals surface area contributed by atoms with Crippen molar-refractivity contribution in [1.82, 2.24) is 9.97 Å². The fraction of sp³-hybridized carbons (Fsp3) is 0.125. The number of aryl methyl sites for hydroxylation is 1. The van der Waals surface area contributed by atoms with Crippen LogP contribution in [0.5, 0.6) is 11.5 Å². The summed E-state index contributed by atoms with van der Waals surface area (Å²) in [6.45, 7) is 1.69. The molecule has 0 atom stereocenters. The third-order valence-electron chi connectivity index (χ3n) is 4.81. The van der Waals surface area contributed by atoms with Gasteiger partial charge >= 0.3 is 5.97 Å². The van der Waals surface area contributed by atoms with Gasteiger partial charge in [0.25, 0.3) is 0 Å². The highest BCUT2D eigenvalue weighted by molar-refractivity contribution is 6.30. The standard InChI is InChI=1S/C24H19ClN2O4/c1-2-15-4-3-5-19-20(13-27-23(15)19)22(28)14-30-24(29)21-11-10-18(12-26-21)31-17-8-6-16(25)7-9-17/h3-13,27H,2,14H2,1H3. The van der Waals surface area contributed by atoms with E-state index in [1.165, 1.54) is 12.3 Å². The predicted molar refractivity (Wildman–Crippen MR) is 118 cm³/mol. The number of carbonyl (C=O) groups excluding carboxylic acids is 2. The summed E-state index contributed by atoms with van der Waals surface area (Å²) in [5.41, 5.74) is 2.64. The molecule has 0 amide bonds. The lowest BCUT2D eigenvalue weighted by Crippen LogP contribution is -2.15. The Hall–Kier alpha value is -3.64. The number of carbonyl (C=O) groups is 2. The van der Waals surface area contributed by atoms with Gasteiger partial charge in [0.15, 0.2) is 6.61 Å². The zero-order valence-corrected chi connectivity index (χ0v) is 17.5. The van der Waals surface area contributed by atoms with Gasteiger partial charge in [-0.05, 0) is 48.4 Å². The summed E-state index contributed by atoms with van der Waals surface area (Å²) < 4.78 is 10.8. The van der Waals surface area contributed by atoms with Crippen LogP contribution in [0.3, 0.4) is 0 Å². The number of rotatable bonds is 7. The van der Waals surface area contributed by atoms with E-state index >= 15 is 0 Å². The van der Waals surface area contributed by atoms with Crippen LogP contribution < -0.4 is 4.74 Å². The second kappa shape index (κ2) is 9.02. The Morgan fingerprint density at radius 3 is 2.52 bits per heavy atom. The number of H-pyrrole nitrogens is 1. The van der Waals surface area contributed by atoms with Crippen LogP contribution in [-0.4, -0.2) is 28.3 Å². The summed E-state index contributed by atoms with van der Waals surface area (Å²) in [4.78, 5) is 32.1. The second-order valence-corrected chi connectivity index (χ2v) is 7.27. The number of para-hydroxylation sites is 1. The highest BCUT2D eigenvalue weighted by Crippen LogP contribution is 2.24. The maximum Gasteiger partial charge on any atom is 0.357 e. The first kappa shape index (κ1) is 20.6. The molecule has 0 aliphatic heterocycles. The maximum atomic E-state index is 12.6. The molecule has 4 aromatic rings. The summed E-state index contributed by atoms with van der Waals surface area (Å²) in [5.74, 6) is 0.0913. The quantitative estimate of drug-likeness (QED) is 0.302. The first-order chi connectivity index (χ1) is 15.0. The number of ketones is 1. The first-order valence-corrected chi connectivity index (χ1v) is 10.1. The summed E-state index contributed by atoms with van der Waals surface area (Å²) in [6, 6.07) is 15.8. The zero-order chi connectivity index (χ0) is 21.8. The Labute approximate surface area is 183 Å². The number of aromatic nitrogens is 2. The maximum absolute atomic E-state index is 12.6. The number of pyridine rings is 1. The second-order valence-electron chi connectivity index (χ2n) is 6.83. The van der Waals surface area contributed by atoms with Crippen molar-refractivity contribution in [1.29, 1.82) is 0 Å². The van der Waals surface area contributed by atoms with Crippen LogP contribution >= 0.6 is 11.6 Å². The van der Waals surface area contributed by atoms with Crippen LogP contribution in [0.15, 0.2) is 67.0 Å². The number of Topliss-reactive ketones (excluding diaryl/α,β-unsaturated/α-hetero) is 1. The molecule has 4 rings (SSSR count). The van der Waals surface area contributed by atoms with E-state index in [9.17, 15) is 9.59 Å². The van der Waals surface area contributed by atoms with Crippen molar-refractivity contribution < 1.29 is 19.1 Å². The minimum atomic E-state index is -0.680. The number of esters is 1. The summed E-state index contributed by atoms with van der Waals surface area (Å²) in [7, 11) is 0. The van der Waals surface area contributed by atoms with Gasteiger partial charge in [0, 0.05) is 27.7 Å². The van der Waals surface area contributed by atoms with Crippen LogP contribution in [0, 0.1) is 0 Å². The number of aromatic amines is 1. The van der Waals surface area contributed by atoms with E-state index in [4.69, 9.17) is 21.1 Å². The topological polar surface area (TPSA) is 81.3 Å². The average molecular weight is 435 g/mol. The smallest absolute Gasteiger partial charge is 0.357 e. The SMILES string of the molecule is CCc1cccc2c(C(=O)COC(=O)c3ccc(Oc4ccc(Cl)cc4)cn3)c[nH]c12. The normalized spacial score (nSPS) is 10.8. The number of hydrogen-bond donors (Lipinski definition) is 1. The van der Waals surface area contributed by atoms with Crippen molar-refractivity contribution in [2.75, 3.05) is 6.61 Å². The van der Waals surface area contributed by atoms with Gasteiger partial charge in [-0.2, -0.15) is 0 Å². The van der Waals surface area contributed by atoms with Crippen LogP contribution in [-0.2, 0) is 11.2 Å².